The number of benzene rings is 2. The molecule has 1 heterocycles. The molecule has 0 fully saturated rings. The van der Waals surface area contributed by atoms with Gasteiger partial charge in [-0.05, 0) is 53.9 Å². The second-order valence-corrected chi connectivity index (χ2v) is 5.05. The molecule has 2 aromatic carbocycles. The summed E-state index contributed by atoms with van der Waals surface area (Å²) in [4.78, 5) is 0. The number of hydrogen-bond acceptors (Lipinski definition) is 1. The normalized spacial score (nSPS) is 10.9. The molecule has 0 spiro atoms. The molecule has 0 bridgehead atoms. The zero-order chi connectivity index (χ0) is 11.8. The second-order valence-electron chi connectivity index (χ2n) is 4.13. The van der Waals surface area contributed by atoms with Crippen molar-refractivity contribution in [1.82, 2.24) is 0 Å². The van der Waals surface area contributed by atoms with E-state index >= 15 is 0 Å². The Morgan fingerprint density at radius 3 is 2.71 bits per heavy atom. The van der Waals surface area contributed by atoms with Crippen molar-refractivity contribution in [2.75, 3.05) is 0 Å². The van der Waals surface area contributed by atoms with Crippen molar-refractivity contribution in [1.29, 1.82) is 0 Å². The highest BCUT2D eigenvalue weighted by Gasteiger charge is 2.04. The first-order chi connectivity index (χ1) is 8.24. The highest BCUT2D eigenvalue weighted by Crippen LogP contribution is 2.29. The summed E-state index contributed by atoms with van der Waals surface area (Å²) in [5, 5.41) is 1.14. The van der Waals surface area contributed by atoms with Gasteiger partial charge in [0.15, 0.2) is 0 Å². The van der Waals surface area contributed by atoms with Crippen LogP contribution in [-0.4, -0.2) is 0 Å². The lowest BCUT2D eigenvalue weighted by molar-refractivity contribution is 0.616. The van der Waals surface area contributed by atoms with Crippen LogP contribution in [0.4, 0.5) is 0 Å². The van der Waals surface area contributed by atoms with Crippen molar-refractivity contribution in [3.8, 4) is 11.1 Å². The van der Waals surface area contributed by atoms with Crippen molar-refractivity contribution in [3.05, 3.63) is 58.8 Å². The number of fused-ring (bicyclic) bond motifs is 1. The van der Waals surface area contributed by atoms with Gasteiger partial charge in [0.25, 0.3) is 0 Å². The van der Waals surface area contributed by atoms with Crippen LogP contribution in [0.25, 0.3) is 22.1 Å². The van der Waals surface area contributed by atoms with Crippen LogP contribution in [-0.2, 0) is 0 Å². The molecule has 1 nitrogen and oxygen atoms in total. The Kier molecular flexibility index (Phi) is 2.52. The van der Waals surface area contributed by atoms with E-state index in [9.17, 15) is 0 Å². The number of aryl methyl sites for hydroxylation is 1. The van der Waals surface area contributed by atoms with E-state index in [-0.39, 0.29) is 0 Å². The molecule has 3 rings (SSSR count). The Labute approximate surface area is 108 Å². The lowest BCUT2D eigenvalue weighted by atomic mass is 10.00. The van der Waals surface area contributed by atoms with E-state index in [0.29, 0.717) is 0 Å². The maximum Gasteiger partial charge on any atom is 0.133 e. The van der Waals surface area contributed by atoms with Crippen LogP contribution in [0.2, 0.25) is 0 Å². The van der Waals surface area contributed by atoms with Gasteiger partial charge in [-0.1, -0.05) is 28.1 Å². The molecule has 3 aromatic rings. The molecule has 0 radical (unpaired) electrons. The van der Waals surface area contributed by atoms with Crippen molar-refractivity contribution in [2.24, 2.45) is 0 Å². The van der Waals surface area contributed by atoms with Gasteiger partial charge in [0.1, 0.15) is 5.58 Å². The molecule has 0 aliphatic carbocycles. The molecule has 0 aliphatic rings. The van der Waals surface area contributed by atoms with Crippen LogP contribution in [0.5, 0.6) is 0 Å². The first-order valence-corrected chi connectivity index (χ1v) is 6.27. The maximum atomic E-state index is 5.35. The van der Waals surface area contributed by atoms with Crippen LogP contribution < -0.4 is 0 Å². The summed E-state index contributed by atoms with van der Waals surface area (Å²) in [5.41, 5.74) is 4.69. The van der Waals surface area contributed by atoms with E-state index in [1.165, 1.54) is 16.7 Å². The van der Waals surface area contributed by atoms with Gasteiger partial charge < -0.3 is 4.42 Å². The highest BCUT2D eigenvalue weighted by atomic mass is 79.9. The van der Waals surface area contributed by atoms with Crippen LogP contribution in [0, 0.1) is 6.92 Å². The van der Waals surface area contributed by atoms with Gasteiger partial charge >= 0.3 is 0 Å². The van der Waals surface area contributed by atoms with Crippen molar-refractivity contribution in [3.63, 3.8) is 0 Å². The Bertz CT molecular complexity index is 682. The minimum atomic E-state index is 0.934. The van der Waals surface area contributed by atoms with Crippen LogP contribution in [0.3, 0.4) is 0 Å². The summed E-state index contributed by atoms with van der Waals surface area (Å²) in [5.74, 6) is 0. The van der Waals surface area contributed by atoms with E-state index in [1.54, 1.807) is 6.26 Å². The molecule has 2 heteroatoms. The molecule has 0 N–H and O–H groups in total. The summed E-state index contributed by atoms with van der Waals surface area (Å²) in [7, 11) is 0. The molecule has 0 saturated carbocycles. The van der Waals surface area contributed by atoms with Gasteiger partial charge in [-0.25, -0.2) is 0 Å². The standard InChI is InChI=1S/C15H11BrO/c1-10-8-13(16)3-4-14(10)11-2-5-15-12(9-11)6-7-17-15/h2-9H,1H3. The van der Waals surface area contributed by atoms with Crippen LogP contribution in [0.1, 0.15) is 5.56 Å². The van der Waals surface area contributed by atoms with Gasteiger partial charge in [0.05, 0.1) is 6.26 Å². The van der Waals surface area contributed by atoms with Crippen molar-refractivity contribution < 1.29 is 4.42 Å². The minimum absolute atomic E-state index is 0.934. The molecule has 0 saturated heterocycles. The molecular formula is C15H11BrO. The molecule has 0 atom stereocenters. The van der Waals surface area contributed by atoms with Crippen molar-refractivity contribution >= 4 is 26.9 Å². The zero-order valence-corrected chi connectivity index (χ0v) is 11.0. The van der Waals surface area contributed by atoms with Gasteiger partial charge in [0.2, 0.25) is 0 Å². The fraction of sp³-hybridized carbons (Fsp3) is 0.0667. The number of hydrogen-bond donors (Lipinski definition) is 0. The third-order valence-electron chi connectivity index (χ3n) is 2.95. The topological polar surface area (TPSA) is 13.1 Å². The predicted octanol–water partition coefficient (Wildman–Crippen LogP) is 5.17. The Morgan fingerprint density at radius 2 is 1.88 bits per heavy atom. The molecule has 17 heavy (non-hydrogen) atoms. The predicted molar refractivity (Wildman–Crippen MR) is 74.1 cm³/mol. The molecule has 84 valence electrons. The third kappa shape index (κ3) is 1.89. The van der Waals surface area contributed by atoms with E-state index < -0.39 is 0 Å². The molecule has 0 aliphatic heterocycles. The van der Waals surface area contributed by atoms with E-state index in [2.05, 4.69) is 53.2 Å². The largest absolute Gasteiger partial charge is 0.464 e. The van der Waals surface area contributed by atoms with Crippen LogP contribution >= 0.6 is 15.9 Å². The van der Waals surface area contributed by atoms with E-state index in [1.807, 2.05) is 12.1 Å². The van der Waals surface area contributed by atoms with Crippen molar-refractivity contribution in [2.45, 2.75) is 6.92 Å². The lowest BCUT2D eigenvalue weighted by Crippen LogP contribution is -1.82. The average molecular weight is 287 g/mol. The SMILES string of the molecule is Cc1cc(Br)ccc1-c1ccc2occc2c1. The second kappa shape index (κ2) is 4.04. The Morgan fingerprint density at radius 1 is 1.00 bits per heavy atom. The Balaban J connectivity index is 2.19. The Hall–Kier alpha value is -1.54. The van der Waals surface area contributed by atoms with Gasteiger partial charge in [-0.15, -0.1) is 0 Å². The number of halogens is 1. The molecule has 1 aromatic heterocycles. The summed E-state index contributed by atoms with van der Waals surface area (Å²) in [6.45, 7) is 2.12. The summed E-state index contributed by atoms with van der Waals surface area (Å²) in [6, 6.07) is 14.6. The molecule has 0 unspecified atom stereocenters. The first-order valence-electron chi connectivity index (χ1n) is 5.48. The number of furan rings is 1. The maximum absolute atomic E-state index is 5.35. The summed E-state index contributed by atoms with van der Waals surface area (Å²) < 4.78 is 6.46. The average Bonchev–Trinajstić information content (AvgIpc) is 2.75. The fourth-order valence-electron chi connectivity index (χ4n) is 2.09. The van der Waals surface area contributed by atoms with Gasteiger partial charge in [0, 0.05) is 9.86 Å². The third-order valence-corrected chi connectivity index (χ3v) is 3.45. The number of rotatable bonds is 1. The van der Waals surface area contributed by atoms with Gasteiger partial charge in [-0.3, -0.25) is 0 Å². The quantitative estimate of drug-likeness (QED) is 0.601. The van der Waals surface area contributed by atoms with Gasteiger partial charge in [-0.2, -0.15) is 0 Å². The summed E-state index contributed by atoms with van der Waals surface area (Å²) in [6.07, 6.45) is 1.73. The smallest absolute Gasteiger partial charge is 0.133 e. The minimum Gasteiger partial charge on any atom is -0.464 e. The monoisotopic (exact) mass is 286 g/mol. The highest BCUT2D eigenvalue weighted by molar-refractivity contribution is 9.10. The van der Waals surface area contributed by atoms with E-state index in [0.717, 1.165) is 15.4 Å². The summed E-state index contributed by atoms with van der Waals surface area (Å²) >= 11 is 3.49. The van der Waals surface area contributed by atoms with E-state index in [4.69, 9.17) is 4.42 Å². The molecular weight excluding hydrogens is 276 g/mol. The van der Waals surface area contributed by atoms with Crippen LogP contribution in [0.15, 0.2) is 57.6 Å². The molecule has 0 amide bonds. The first kappa shape index (κ1) is 10.6. The zero-order valence-electron chi connectivity index (χ0n) is 9.41. The lowest BCUT2D eigenvalue weighted by Gasteiger charge is -2.06. The fourth-order valence-corrected chi connectivity index (χ4v) is 2.56.